The molecule has 3 aliphatic heterocycles. The van der Waals surface area contributed by atoms with Gasteiger partial charge in [-0.05, 0) is 69.4 Å². The fraction of sp³-hybridized carbons (Fsp3) is 0.630. The molecule has 0 bridgehead atoms. The Morgan fingerprint density at radius 1 is 1.08 bits per heavy atom. The highest BCUT2D eigenvalue weighted by molar-refractivity contribution is 6.02. The Labute approximate surface area is 216 Å². The van der Waals surface area contributed by atoms with Crippen LogP contribution in [0.15, 0.2) is 12.1 Å². The molecule has 1 atom stereocenters. The quantitative estimate of drug-likeness (QED) is 0.613. The molecule has 0 aliphatic carbocycles. The molecule has 4 heterocycles. The molecule has 1 aromatic carbocycles. The minimum atomic E-state index is -0.549. The highest BCUT2D eigenvalue weighted by atomic mass is 19.1. The topological polar surface area (TPSA) is 96.8 Å². The first kappa shape index (κ1) is 25.5. The Bertz CT molecular complexity index is 1180. The molecule has 2 aromatic rings. The van der Waals surface area contributed by atoms with Gasteiger partial charge in [0.25, 0.3) is 0 Å². The van der Waals surface area contributed by atoms with E-state index in [4.69, 9.17) is 4.74 Å². The highest BCUT2D eigenvalue weighted by Gasteiger charge is 2.33. The molecule has 0 radical (unpaired) electrons. The van der Waals surface area contributed by atoms with Crippen molar-refractivity contribution in [2.75, 3.05) is 37.7 Å². The zero-order valence-electron chi connectivity index (χ0n) is 21.7. The fourth-order valence-corrected chi connectivity index (χ4v) is 6.19. The zero-order valence-corrected chi connectivity index (χ0v) is 21.7. The lowest BCUT2D eigenvalue weighted by Crippen LogP contribution is -2.40. The number of hydrogen-bond donors (Lipinski definition) is 1. The molecule has 3 fully saturated rings. The molecule has 200 valence electrons. The zero-order chi connectivity index (χ0) is 26.1. The normalized spacial score (nSPS) is 22.0. The van der Waals surface area contributed by atoms with Crippen molar-refractivity contribution in [1.29, 1.82) is 0 Å². The number of nitrogens with zero attached hydrogens (tertiary/aromatic N) is 4. The molecular weight excluding hydrogens is 477 g/mol. The van der Waals surface area contributed by atoms with E-state index in [1.54, 1.807) is 11.7 Å². The van der Waals surface area contributed by atoms with Gasteiger partial charge < -0.3 is 14.5 Å². The highest BCUT2D eigenvalue weighted by Crippen LogP contribution is 2.36. The van der Waals surface area contributed by atoms with Gasteiger partial charge in [0.1, 0.15) is 5.82 Å². The molecule has 0 spiro atoms. The summed E-state index contributed by atoms with van der Waals surface area (Å²) in [6.45, 7) is 5.36. The van der Waals surface area contributed by atoms with Crippen LogP contribution in [-0.2, 0) is 21.4 Å². The van der Waals surface area contributed by atoms with Crippen molar-refractivity contribution >= 4 is 34.5 Å². The van der Waals surface area contributed by atoms with E-state index in [-0.39, 0.29) is 30.1 Å². The van der Waals surface area contributed by atoms with Gasteiger partial charge in [0, 0.05) is 45.0 Å². The molecule has 3 saturated heterocycles. The Morgan fingerprint density at radius 3 is 2.41 bits per heavy atom. The number of carbonyl (C=O) groups is 3. The Kier molecular flexibility index (Phi) is 7.35. The molecule has 37 heavy (non-hydrogen) atoms. The lowest BCUT2D eigenvalue weighted by atomic mass is 9.82. The maximum Gasteiger partial charge on any atom is 0.409 e. The standard InChI is InChI=1S/C27H36FN5O4/c1-3-37-27(36)33-12-8-18(9-13-33)14-17-6-10-32(11-7-17)23-16-22-20(15-21(23)28)25(30-31(22)2)19-4-5-24(34)29-26(19)35/h15-19H,3-14H2,1-2H3,(H,29,34,35). The number of amides is 3. The second-order valence-electron chi connectivity index (χ2n) is 10.6. The second kappa shape index (κ2) is 10.7. The number of rotatable bonds is 5. The average molecular weight is 514 g/mol. The summed E-state index contributed by atoms with van der Waals surface area (Å²) in [7, 11) is 1.80. The van der Waals surface area contributed by atoms with Crippen molar-refractivity contribution in [3.05, 3.63) is 23.6 Å². The molecular formula is C27H36FN5O4. The first-order valence-corrected chi connectivity index (χ1v) is 13.5. The number of piperidine rings is 3. The third-order valence-electron chi connectivity index (χ3n) is 8.28. The summed E-state index contributed by atoms with van der Waals surface area (Å²) >= 11 is 0. The molecule has 3 amide bonds. The van der Waals surface area contributed by atoms with Crippen LogP contribution < -0.4 is 10.2 Å². The van der Waals surface area contributed by atoms with Crippen LogP contribution in [-0.4, -0.2) is 65.4 Å². The van der Waals surface area contributed by atoms with Gasteiger partial charge in [0.05, 0.1) is 29.4 Å². The summed E-state index contributed by atoms with van der Waals surface area (Å²) in [5.74, 6) is -0.270. The van der Waals surface area contributed by atoms with Crippen molar-refractivity contribution in [2.24, 2.45) is 18.9 Å². The number of aromatic nitrogens is 2. The van der Waals surface area contributed by atoms with Crippen molar-refractivity contribution in [3.8, 4) is 0 Å². The number of carbonyl (C=O) groups excluding carboxylic acids is 3. The summed E-state index contributed by atoms with van der Waals surface area (Å²) in [6, 6.07) is 3.35. The molecule has 3 aliphatic rings. The minimum Gasteiger partial charge on any atom is -0.450 e. The fourth-order valence-electron chi connectivity index (χ4n) is 6.19. The van der Waals surface area contributed by atoms with Gasteiger partial charge in [-0.15, -0.1) is 0 Å². The molecule has 1 N–H and O–H groups in total. The largest absolute Gasteiger partial charge is 0.450 e. The van der Waals surface area contributed by atoms with Gasteiger partial charge in [-0.3, -0.25) is 19.6 Å². The van der Waals surface area contributed by atoms with Gasteiger partial charge in [-0.25, -0.2) is 9.18 Å². The van der Waals surface area contributed by atoms with Crippen molar-refractivity contribution < 1.29 is 23.5 Å². The molecule has 1 aromatic heterocycles. The second-order valence-corrected chi connectivity index (χ2v) is 10.6. The number of hydrogen-bond acceptors (Lipinski definition) is 6. The van der Waals surface area contributed by atoms with E-state index in [2.05, 4.69) is 15.3 Å². The van der Waals surface area contributed by atoms with Crippen molar-refractivity contribution in [3.63, 3.8) is 0 Å². The average Bonchev–Trinajstić information content (AvgIpc) is 3.19. The van der Waals surface area contributed by atoms with Gasteiger partial charge in [-0.2, -0.15) is 5.10 Å². The van der Waals surface area contributed by atoms with Gasteiger partial charge >= 0.3 is 6.09 Å². The van der Waals surface area contributed by atoms with E-state index in [0.29, 0.717) is 41.6 Å². The van der Waals surface area contributed by atoms with Crippen LogP contribution in [0.3, 0.4) is 0 Å². The van der Waals surface area contributed by atoms with Crippen molar-refractivity contribution in [2.45, 2.75) is 57.8 Å². The number of benzene rings is 1. The number of halogens is 1. The van der Waals surface area contributed by atoms with E-state index in [1.165, 1.54) is 6.07 Å². The molecule has 10 heteroatoms. The van der Waals surface area contributed by atoms with E-state index in [0.717, 1.165) is 63.8 Å². The maximum atomic E-state index is 15.4. The SMILES string of the molecule is CCOC(=O)N1CCC(CC2CCN(c3cc4c(cc3F)c(C3CCC(=O)NC3=O)nn4C)CC2)CC1. The lowest BCUT2D eigenvalue weighted by Gasteiger charge is -2.37. The van der Waals surface area contributed by atoms with Gasteiger partial charge in [0.2, 0.25) is 11.8 Å². The summed E-state index contributed by atoms with van der Waals surface area (Å²) in [5.41, 5.74) is 1.89. The third kappa shape index (κ3) is 5.29. The Hall–Kier alpha value is -3.17. The Balaban J connectivity index is 1.21. The van der Waals surface area contributed by atoms with Crippen LogP contribution >= 0.6 is 0 Å². The number of imide groups is 1. The molecule has 5 rings (SSSR count). The van der Waals surface area contributed by atoms with Crippen molar-refractivity contribution in [1.82, 2.24) is 20.0 Å². The summed E-state index contributed by atoms with van der Waals surface area (Å²) < 4.78 is 22.2. The summed E-state index contributed by atoms with van der Waals surface area (Å²) in [6.07, 6.45) is 5.66. The summed E-state index contributed by atoms with van der Waals surface area (Å²) in [5, 5.41) is 7.55. The van der Waals surface area contributed by atoms with Crippen LogP contribution in [0.4, 0.5) is 14.9 Å². The monoisotopic (exact) mass is 513 g/mol. The van der Waals surface area contributed by atoms with Crippen LogP contribution in [0, 0.1) is 17.7 Å². The predicted molar refractivity (Wildman–Crippen MR) is 137 cm³/mol. The summed E-state index contributed by atoms with van der Waals surface area (Å²) in [4.78, 5) is 39.8. The van der Waals surface area contributed by atoms with Crippen LogP contribution in [0.2, 0.25) is 0 Å². The van der Waals surface area contributed by atoms with E-state index in [9.17, 15) is 14.4 Å². The number of likely N-dealkylation sites (tertiary alicyclic amines) is 1. The smallest absolute Gasteiger partial charge is 0.409 e. The number of ether oxygens (including phenoxy) is 1. The molecule has 9 nitrogen and oxygen atoms in total. The molecule has 1 unspecified atom stereocenters. The van der Waals surface area contributed by atoms with E-state index >= 15 is 4.39 Å². The third-order valence-corrected chi connectivity index (χ3v) is 8.28. The maximum absolute atomic E-state index is 15.4. The number of nitrogens with one attached hydrogen (secondary N) is 1. The van der Waals surface area contributed by atoms with Crippen LogP contribution in [0.5, 0.6) is 0 Å². The number of aryl methyl sites for hydroxylation is 1. The van der Waals surface area contributed by atoms with E-state index in [1.807, 2.05) is 17.9 Å². The van der Waals surface area contributed by atoms with Crippen LogP contribution in [0.25, 0.3) is 10.9 Å². The minimum absolute atomic E-state index is 0.203. The lowest BCUT2D eigenvalue weighted by molar-refractivity contribution is -0.134. The first-order valence-electron chi connectivity index (χ1n) is 13.5. The molecule has 0 saturated carbocycles. The van der Waals surface area contributed by atoms with E-state index < -0.39 is 5.92 Å². The first-order chi connectivity index (χ1) is 17.8. The Morgan fingerprint density at radius 2 is 1.76 bits per heavy atom. The number of fused-ring (bicyclic) bond motifs is 1. The predicted octanol–water partition coefficient (Wildman–Crippen LogP) is 3.71. The van der Waals surface area contributed by atoms with Crippen LogP contribution in [0.1, 0.15) is 63.5 Å². The van der Waals surface area contributed by atoms with Gasteiger partial charge in [0.15, 0.2) is 0 Å². The van der Waals surface area contributed by atoms with Gasteiger partial charge in [-0.1, -0.05) is 0 Å². The number of anilines is 1.